The molecule has 1 fully saturated rings. The Morgan fingerprint density at radius 2 is 2.37 bits per heavy atom. The molecule has 0 aromatic carbocycles. The molecule has 1 amide bonds. The summed E-state index contributed by atoms with van der Waals surface area (Å²) in [5.41, 5.74) is 0.353. The normalized spacial score (nSPS) is 19.3. The first-order chi connectivity index (χ1) is 8.99. The molecule has 2 heterocycles. The number of carbonyl (C=O) groups excluding carboxylic acids is 1. The summed E-state index contributed by atoms with van der Waals surface area (Å²) in [7, 11) is 0. The molecule has 106 valence electrons. The van der Waals surface area contributed by atoms with Gasteiger partial charge in [0.05, 0.1) is 13.2 Å². The molecule has 1 N–H and O–H groups in total. The van der Waals surface area contributed by atoms with Crippen molar-refractivity contribution < 1.29 is 14.1 Å². The predicted octanol–water partition coefficient (Wildman–Crippen LogP) is 0.824. The number of aromatic nitrogens is 1. The van der Waals surface area contributed by atoms with Crippen molar-refractivity contribution in [1.29, 1.82) is 0 Å². The van der Waals surface area contributed by atoms with Crippen LogP contribution in [0.4, 0.5) is 0 Å². The number of amides is 1. The Kier molecular flexibility index (Phi) is 4.21. The van der Waals surface area contributed by atoms with Gasteiger partial charge in [0.2, 0.25) is 0 Å². The number of ether oxygens (including phenoxy) is 1. The van der Waals surface area contributed by atoms with Crippen LogP contribution < -0.4 is 5.32 Å². The average molecular weight is 267 g/mol. The zero-order chi connectivity index (χ0) is 13.9. The lowest BCUT2D eigenvalue weighted by atomic mass is 10.0. The molecular formula is C13H21N3O3. The van der Waals surface area contributed by atoms with Gasteiger partial charge >= 0.3 is 0 Å². The molecule has 0 bridgehead atoms. The number of aryl methyl sites for hydroxylation is 1. The Hall–Kier alpha value is -1.40. The van der Waals surface area contributed by atoms with Gasteiger partial charge in [0.15, 0.2) is 5.69 Å². The summed E-state index contributed by atoms with van der Waals surface area (Å²) in [5.74, 6) is 0.447. The average Bonchev–Trinajstić information content (AvgIpc) is 2.78. The Morgan fingerprint density at radius 3 is 3.00 bits per heavy atom. The Morgan fingerprint density at radius 1 is 1.58 bits per heavy atom. The second-order valence-corrected chi connectivity index (χ2v) is 5.43. The van der Waals surface area contributed by atoms with Gasteiger partial charge in [-0.05, 0) is 20.8 Å². The molecule has 0 atom stereocenters. The molecule has 1 aliphatic rings. The van der Waals surface area contributed by atoms with Gasteiger partial charge in [0.25, 0.3) is 5.91 Å². The second kappa shape index (κ2) is 5.71. The molecule has 6 heteroatoms. The van der Waals surface area contributed by atoms with Crippen molar-refractivity contribution in [1.82, 2.24) is 15.4 Å². The number of rotatable bonds is 4. The minimum atomic E-state index is -0.192. The Balaban J connectivity index is 1.78. The van der Waals surface area contributed by atoms with Gasteiger partial charge in [0.1, 0.15) is 5.76 Å². The lowest BCUT2D eigenvalue weighted by Crippen LogP contribution is -2.54. The van der Waals surface area contributed by atoms with Gasteiger partial charge < -0.3 is 14.6 Å². The maximum absolute atomic E-state index is 11.8. The molecule has 19 heavy (non-hydrogen) atoms. The third kappa shape index (κ3) is 3.54. The first kappa shape index (κ1) is 14.0. The second-order valence-electron chi connectivity index (χ2n) is 5.43. The monoisotopic (exact) mass is 267 g/mol. The topological polar surface area (TPSA) is 67.6 Å². The number of nitrogens with one attached hydrogen (secondary N) is 1. The van der Waals surface area contributed by atoms with Crippen LogP contribution in [-0.2, 0) is 4.74 Å². The van der Waals surface area contributed by atoms with Crippen molar-refractivity contribution >= 4 is 5.91 Å². The van der Waals surface area contributed by atoms with Crippen molar-refractivity contribution in [3.8, 4) is 0 Å². The molecule has 6 nitrogen and oxygen atoms in total. The van der Waals surface area contributed by atoms with Crippen LogP contribution in [0.25, 0.3) is 0 Å². The van der Waals surface area contributed by atoms with Crippen molar-refractivity contribution in [3.63, 3.8) is 0 Å². The van der Waals surface area contributed by atoms with Crippen LogP contribution >= 0.6 is 0 Å². The zero-order valence-electron chi connectivity index (χ0n) is 11.7. The van der Waals surface area contributed by atoms with Gasteiger partial charge in [-0.3, -0.25) is 9.69 Å². The van der Waals surface area contributed by atoms with E-state index in [0.29, 0.717) is 18.0 Å². The number of nitrogens with zero attached hydrogens (tertiary/aromatic N) is 2. The van der Waals surface area contributed by atoms with E-state index in [2.05, 4.69) is 29.2 Å². The highest BCUT2D eigenvalue weighted by molar-refractivity contribution is 5.92. The lowest BCUT2D eigenvalue weighted by molar-refractivity contribution is -0.0498. The van der Waals surface area contributed by atoms with E-state index in [1.165, 1.54) is 0 Å². The van der Waals surface area contributed by atoms with Crippen LogP contribution in [0.2, 0.25) is 0 Å². The van der Waals surface area contributed by atoms with Gasteiger partial charge in [0, 0.05) is 31.2 Å². The van der Waals surface area contributed by atoms with E-state index in [9.17, 15) is 4.79 Å². The van der Waals surface area contributed by atoms with Crippen molar-refractivity contribution in [3.05, 3.63) is 17.5 Å². The molecule has 1 aromatic rings. The standard InChI is InChI=1S/C13H21N3O3/c1-10-8-11(15-19-10)12(17)14-4-5-16-6-7-18-9-13(16,2)3/h8H,4-7,9H2,1-3H3,(H,14,17). The molecule has 1 saturated heterocycles. The first-order valence-electron chi connectivity index (χ1n) is 6.53. The van der Waals surface area contributed by atoms with Crippen LogP contribution in [0.1, 0.15) is 30.1 Å². The Bertz CT molecular complexity index is 442. The maximum atomic E-state index is 11.8. The number of hydrogen-bond acceptors (Lipinski definition) is 5. The maximum Gasteiger partial charge on any atom is 0.273 e. The smallest absolute Gasteiger partial charge is 0.273 e. The molecule has 0 aliphatic carbocycles. The van der Waals surface area contributed by atoms with Crippen molar-refractivity contribution in [2.24, 2.45) is 0 Å². The van der Waals surface area contributed by atoms with Crippen molar-refractivity contribution in [2.75, 3.05) is 32.8 Å². The summed E-state index contributed by atoms with van der Waals surface area (Å²) in [6.45, 7) is 9.83. The summed E-state index contributed by atoms with van der Waals surface area (Å²) in [4.78, 5) is 14.1. The Labute approximate surface area is 113 Å². The molecule has 0 saturated carbocycles. The number of morpholine rings is 1. The summed E-state index contributed by atoms with van der Waals surface area (Å²) in [5, 5.41) is 6.54. The highest BCUT2D eigenvalue weighted by Gasteiger charge is 2.29. The minimum Gasteiger partial charge on any atom is -0.378 e. The van der Waals surface area contributed by atoms with Crippen LogP contribution in [0, 0.1) is 6.92 Å². The third-order valence-corrected chi connectivity index (χ3v) is 3.34. The van der Waals surface area contributed by atoms with Gasteiger partial charge in [-0.1, -0.05) is 5.16 Å². The van der Waals surface area contributed by atoms with E-state index in [1.807, 2.05) is 0 Å². The number of hydrogen-bond donors (Lipinski definition) is 1. The predicted molar refractivity (Wildman–Crippen MR) is 70.0 cm³/mol. The third-order valence-electron chi connectivity index (χ3n) is 3.34. The van der Waals surface area contributed by atoms with E-state index in [-0.39, 0.29) is 11.4 Å². The first-order valence-corrected chi connectivity index (χ1v) is 6.53. The van der Waals surface area contributed by atoms with Gasteiger partial charge in [-0.25, -0.2) is 0 Å². The highest BCUT2D eigenvalue weighted by atomic mass is 16.5. The van der Waals surface area contributed by atoms with E-state index in [4.69, 9.17) is 9.26 Å². The molecule has 0 spiro atoms. The van der Waals surface area contributed by atoms with E-state index >= 15 is 0 Å². The summed E-state index contributed by atoms with van der Waals surface area (Å²) in [6.07, 6.45) is 0. The van der Waals surface area contributed by atoms with Crippen LogP contribution in [0.15, 0.2) is 10.6 Å². The summed E-state index contributed by atoms with van der Waals surface area (Å²) in [6, 6.07) is 1.63. The van der Waals surface area contributed by atoms with Crippen LogP contribution in [-0.4, -0.2) is 54.4 Å². The largest absolute Gasteiger partial charge is 0.378 e. The molecule has 0 radical (unpaired) electrons. The molecular weight excluding hydrogens is 246 g/mol. The quantitative estimate of drug-likeness (QED) is 0.875. The van der Waals surface area contributed by atoms with Gasteiger partial charge in [-0.2, -0.15) is 0 Å². The molecule has 1 aromatic heterocycles. The highest BCUT2D eigenvalue weighted by Crippen LogP contribution is 2.17. The van der Waals surface area contributed by atoms with Crippen molar-refractivity contribution in [2.45, 2.75) is 26.3 Å². The van der Waals surface area contributed by atoms with Crippen LogP contribution in [0.5, 0.6) is 0 Å². The fourth-order valence-electron chi connectivity index (χ4n) is 2.17. The minimum absolute atomic E-state index is 0.0213. The zero-order valence-corrected chi connectivity index (χ0v) is 11.7. The van der Waals surface area contributed by atoms with E-state index in [1.54, 1.807) is 13.0 Å². The molecule has 2 rings (SSSR count). The SMILES string of the molecule is Cc1cc(C(=O)NCCN2CCOCC2(C)C)no1. The van der Waals surface area contributed by atoms with E-state index in [0.717, 1.165) is 26.3 Å². The lowest BCUT2D eigenvalue weighted by Gasteiger charge is -2.42. The summed E-state index contributed by atoms with van der Waals surface area (Å²) < 4.78 is 10.3. The van der Waals surface area contributed by atoms with Crippen LogP contribution in [0.3, 0.4) is 0 Å². The fourth-order valence-corrected chi connectivity index (χ4v) is 2.17. The summed E-state index contributed by atoms with van der Waals surface area (Å²) >= 11 is 0. The fraction of sp³-hybridized carbons (Fsp3) is 0.692. The van der Waals surface area contributed by atoms with E-state index < -0.39 is 0 Å². The molecule has 1 aliphatic heterocycles. The van der Waals surface area contributed by atoms with Gasteiger partial charge in [-0.15, -0.1) is 0 Å². The molecule has 0 unspecified atom stereocenters. The number of carbonyl (C=O) groups is 1.